The van der Waals surface area contributed by atoms with Gasteiger partial charge in [0.2, 0.25) is 5.91 Å². The number of fused-ring (bicyclic) bond motifs is 1. The average molecular weight is 367 g/mol. The number of rotatable bonds is 6. The minimum absolute atomic E-state index is 0.0382. The topological polar surface area (TPSA) is 96.1 Å². The van der Waals surface area contributed by atoms with Crippen LogP contribution in [-0.4, -0.2) is 74.2 Å². The van der Waals surface area contributed by atoms with Crippen LogP contribution < -0.4 is 5.73 Å². The molecule has 142 valence electrons. The van der Waals surface area contributed by atoms with Crippen LogP contribution in [0.5, 0.6) is 0 Å². The number of aromatic nitrogens is 4. The predicted octanol–water partition coefficient (Wildman–Crippen LogP) is 0.474. The Bertz CT molecular complexity index is 881. The number of carbonyl (C=O) groups excluding carboxylic acids is 1. The van der Waals surface area contributed by atoms with Crippen molar-refractivity contribution in [1.82, 2.24) is 29.5 Å². The molecule has 27 heavy (non-hydrogen) atoms. The zero-order valence-electron chi connectivity index (χ0n) is 15.3. The molecule has 1 aliphatic rings. The summed E-state index contributed by atoms with van der Waals surface area (Å²) >= 11 is 0. The highest BCUT2D eigenvalue weighted by atomic mass is 16.2. The van der Waals surface area contributed by atoms with E-state index in [1.165, 1.54) is 0 Å². The Hall–Kier alpha value is -2.71. The molecule has 3 aromatic rings. The number of aromatic amines is 1. The number of benzene rings is 1. The Morgan fingerprint density at radius 3 is 2.78 bits per heavy atom. The summed E-state index contributed by atoms with van der Waals surface area (Å²) in [7, 11) is 0. The van der Waals surface area contributed by atoms with E-state index in [0.29, 0.717) is 6.42 Å². The summed E-state index contributed by atoms with van der Waals surface area (Å²) in [4.78, 5) is 24.2. The van der Waals surface area contributed by atoms with Crippen LogP contribution in [0.2, 0.25) is 0 Å². The number of H-pyrrole nitrogens is 1. The molecule has 1 amide bonds. The number of piperazine rings is 1. The summed E-state index contributed by atoms with van der Waals surface area (Å²) in [5, 5.41) is 5.26. The molecule has 3 N–H and O–H groups in total. The first kappa shape index (κ1) is 17.7. The maximum atomic E-state index is 12.8. The maximum absolute atomic E-state index is 12.8. The van der Waals surface area contributed by atoms with Crippen molar-refractivity contribution in [1.29, 1.82) is 0 Å². The molecule has 1 aliphatic heterocycles. The zero-order chi connectivity index (χ0) is 18.6. The smallest absolute Gasteiger partial charge is 0.239 e. The van der Waals surface area contributed by atoms with E-state index >= 15 is 0 Å². The number of nitrogens with two attached hydrogens (primary N) is 1. The monoisotopic (exact) mass is 367 g/mol. The van der Waals surface area contributed by atoms with Gasteiger partial charge in [-0.2, -0.15) is 5.10 Å². The van der Waals surface area contributed by atoms with Crippen molar-refractivity contribution in [3.63, 3.8) is 0 Å². The number of hydrogen-bond donors (Lipinski definition) is 2. The van der Waals surface area contributed by atoms with Gasteiger partial charge in [-0.15, -0.1) is 0 Å². The molecule has 0 spiro atoms. The van der Waals surface area contributed by atoms with E-state index in [2.05, 4.69) is 26.0 Å². The number of nitrogens with one attached hydrogen (secondary N) is 1. The summed E-state index contributed by atoms with van der Waals surface area (Å²) in [5.41, 5.74) is 8.42. The summed E-state index contributed by atoms with van der Waals surface area (Å²) < 4.78 is 1.83. The Morgan fingerprint density at radius 2 is 2.00 bits per heavy atom. The normalized spacial score (nSPS) is 16.7. The van der Waals surface area contributed by atoms with Crippen LogP contribution in [0.25, 0.3) is 10.9 Å². The zero-order valence-corrected chi connectivity index (χ0v) is 15.3. The highest BCUT2D eigenvalue weighted by Gasteiger charge is 2.25. The van der Waals surface area contributed by atoms with Crippen molar-refractivity contribution in [2.45, 2.75) is 19.0 Å². The van der Waals surface area contributed by atoms with Gasteiger partial charge in [0.1, 0.15) is 12.7 Å². The summed E-state index contributed by atoms with van der Waals surface area (Å²) in [6.45, 7) is 4.89. The fraction of sp³-hybridized carbons (Fsp3) is 0.421. The van der Waals surface area contributed by atoms with Crippen molar-refractivity contribution < 1.29 is 4.79 Å². The lowest BCUT2D eigenvalue weighted by atomic mass is 10.0. The van der Waals surface area contributed by atoms with Gasteiger partial charge >= 0.3 is 0 Å². The third-order valence-corrected chi connectivity index (χ3v) is 5.23. The minimum Gasteiger partial charge on any atom is -0.361 e. The molecule has 1 aromatic carbocycles. The van der Waals surface area contributed by atoms with E-state index in [1.807, 2.05) is 34.0 Å². The van der Waals surface area contributed by atoms with Gasteiger partial charge in [0.15, 0.2) is 0 Å². The number of para-hydroxylation sites is 1. The lowest BCUT2D eigenvalue weighted by Crippen LogP contribution is -2.53. The molecule has 2 aromatic heterocycles. The van der Waals surface area contributed by atoms with Gasteiger partial charge in [0.25, 0.3) is 0 Å². The lowest BCUT2D eigenvalue weighted by molar-refractivity contribution is -0.134. The van der Waals surface area contributed by atoms with Crippen LogP contribution in [0.4, 0.5) is 0 Å². The molecule has 1 atom stereocenters. The molecule has 0 radical (unpaired) electrons. The second-order valence-electron chi connectivity index (χ2n) is 7.00. The molecule has 0 bridgehead atoms. The lowest BCUT2D eigenvalue weighted by Gasteiger charge is -2.35. The number of hydrogen-bond acceptors (Lipinski definition) is 5. The molecule has 8 nitrogen and oxygen atoms in total. The van der Waals surface area contributed by atoms with Gasteiger partial charge < -0.3 is 15.6 Å². The third kappa shape index (κ3) is 4.01. The molecule has 0 unspecified atom stereocenters. The highest BCUT2D eigenvalue weighted by molar-refractivity contribution is 5.86. The van der Waals surface area contributed by atoms with Crippen molar-refractivity contribution >= 4 is 16.8 Å². The van der Waals surface area contributed by atoms with Crippen LogP contribution in [0.3, 0.4) is 0 Å². The fourth-order valence-corrected chi connectivity index (χ4v) is 3.64. The van der Waals surface area contributed by atoms with E-state index in [9.17, 15) is 4.79 Å². The minimum atomic E-state index is -0.508. The van der Waals surface area contributed by atoms with Gasteiger partial charge in [-0.3, -0.25) is 14.4 Å². The second-order valence-corrected chi connectivity index (χ2v) is 7.00. The first-order chi connectivity index (χ1) is 13.2. The summed E-state index contributed by atoms with van der Waals surface area (Å²) in [5.74, 6) is 0.0382. The van der Waals surface area contributed by atoms with E-state index < -0.39 is 6.04 Å². The van der Waals surface area contributed by atoms with Gasteiger partial charge in [-0.05, 0) is 18.1 Å². The quantitative estimate of drug-likeness (QED) is 0.660. The molecule has 0 saturated carbocycles. The van der Waals surface area contributed by atoms with Gasteiger partial charge in [-0.25, -0.2) is 4.98 Å². The van der Waals surface area contributed by atoms with Crippen LogP contribution in [-0.2, 0) is 17.8 Å². The molecular weight excluding hydrogens is 342 g/mol. The number of carbonyl (C=O) groups is 1. The van der Waals surface area contributed by atoms with E-state index in [4.69, 9.17) is 5.73 Å². The molecule has 3 heterocycles. The van der Waals surface area contributed by atoms with Crippen molar-refractivity contribution in [3.8, 4) is 0 Å². The van der Waals surface area contributed by atoms with Gasteiger partial charge in [0.05, 0.1) is 12.6 Å². The molecular formula is C19H25N7O. The number of nitrogens with zero attached hydrogens (tertiary/aromatic N) is 5. The maximum Gasteiger partial charge on any atom is 0.239 e. The molecule has 1 saturated heterocycles. The Kier molecular flexibility index (Phi) is 5.17. The molecule has 0 aliphatic carbocycles. The van der Waals surface area contributed by atoms with Gasteiger partial charge in [-0.1, -0.05) is 18.2 Å². The van der Waals surface area contributed by atoms with Gasteiger partial charge in [0, 0.05) is 49.8 Å². The molecule has 4 rings (SSSR count). The van der Waals surface area contributed by atoms with Crippen LogP contribution in [0, 0.1) is 0 Å². The van der Waals surface area contributed by atoms with Crippen LogP contribution >= 0.6 is 0 Å². The van der Waals surface area contributed by atoms with E-state index in [-0.39, 0.29) is 5.91 Å². The standard InChI is InChI=1S/C19H25N7O/c20-17(11-15-12-22-18-4-2-1-3-16(15)18)19(27)25-8-5-24(6-9-25)7-10-26-14-21-13-23-26/h1-4,12-14,17,22H,5-11,20H2/t17-/m1/s1. The van der Waals surface area contributed by atoms with Crippen molar-refractivity contribution in [2.24, 2.45) is 5.73 Å². The van der Waals surface area contributed by atoms with Crippen molar-refractivity contribution in [2.75, 3.05) is 32.7 Å². The molecule has 1 fully saturated rings. The van der Waals surface area contributed by atoms with Crippen LogP contribution in [0.1, 0.15) is 5.56 Å². The Labute approximate surface area is 158 Å². The first-order valence-electron chi connectivity index (χ1n) is 9.35. The van der Waals surface area contributed by atoms with E-state index in [0.717, 1.165) is 55.7 Å². The first-order valence-corrected chi connectivity index (χ1v) is 9.35. The SMILES string of the molecule is N[C@H](Cc1c[nH]c2ccccc12)C(=O)N1CCN(CCn2cncn2)CC1. The fourth-order valence-electron chi connectivity index (χ4n) is 3.64. The largest absolute Gasteiger partial charge is 0.361 e. The highest BCUT2D eigenvalue weighted by Crippen LogP contribution is 2.19. The van der Waals surface area contributed by atoms with Crippen LogP contribution in [0.15, 0.2) is 43.1 Å². The number of amides is 1. The average Bonchev–Trinajstić information content (AvgIpc) is 3.36. The summed E-state index contributed by atoms with van der Waals surface area (Å²) in [6.07, 6.45) is 5.78. The second kappa shape index (κ2) is 7.89. The Morgan fingerprint density at radius 1 is 1.19 bits per heavy atom. The van der Waals surface area contributed by atoms with E-state index in [1.54, 1.807) is 12.7 Å². The Balaban J connectivity index is 1.28. The summed E-state index contributed by atoms with van der Waals surface area (Å²) in [6, 6.07) is 7.59. The predicted molar refractivity (Wildman–Crippen MR) is 103 cm³/mol. The van der Waals surface area contributed by atoms with Crippen molar-refractivity contribution in [3.05, 3.63) is 48.7 Å². The molecule has 8 heteroatoms. The third-order valence-electron chi connectivity index (χ3n) is 5.23.